The van der Waals surface area contributed by atoms with Gasteiger partial charge in [0.2, 0.25) is 0 Å². The number of hydrogen-bond acceptors (Lipinski definition) is 3. The lowest BCUT2D eigenvalue weighted by Crippen LogP contribution is -2.07. The van der Waals surface area contributed by atoms with Gasteiger partial charge in [-0.15, -0.1) is 5.11 Å². The highest BCUT2D eigenvalue weighted by atomic mass is 19.1. The van der Waals surface area contributed by atoms with Crippen molar-refractivity contribution in [2.75, 3.05) is 19.0 Å². The summed E-state index contributed by atoms with van der Waals surface area (Å²) in [6, 6.07) is 9.78. The molecule has 0 radical (unpaired) electrons. The first-order valence-electron chi connectivity index (χ1n) is 6.68. The Kier molecular flexibility index (Phi) is 4.62. The third kappa shape index (κ3) is 3.62. The zero-order chi connectivity index (χ0) is 15.4. The minimum atomic E-state index is -0.694. The van der Waals surface area contributed by atoms with Crippen LogP contribution >= 0.6 is 0 Å². The highest BCUT2D eigenvalue weighted by molar-refractivity contribution is 5.52. The Balaban J connectivity index is 2.25. The second-order valence-corrected chi connectivity index (χ2v) is 4.87. The van der Waals surface area contributed by atoms with Gasteiger partial charge in [-0.25, -0.2) is 8.78 Å². The van der Waals surface area contributed by atoms with E-state index in [9.17, 15) is 8.78 Å². The van der Waals surface area contributed by atoms with Gasteiger partial charge in [-0.05, 0) is 48.4 Å². The summed E-state index contributed by atoms with van der Waals surface area (Å²) in [5.41, 5.74) is 1.79. The van der Waals surface area contributed by atoms with Gasteiger partial charge in [-0.3, -0.25) is 0 Å². The Bertz CT molecular complexity index is 626. The van der Waals surface area contributed by atoms with Crippen LogP contribution in [0.4, 0.5) is 25.8 Å². The van der Waals surface area contributed by atoms with Crippen molar-refractivity contribution in [2.24, 2.45) is 10.2 Å². The maximum Gasteiger partial charge on any atom is 0.157 e. The molecule has 0 bridgehead atoms. The predicted molar refractivity (Wildman–Crippen MR) is 80.7 cm³/mol. The molecule has 0 atom stereocenters. The van der Waals surface area contributed by atoms with E-state index >= 15 is 0 Å². The molecule has 0 fully saturated rings. The van der Waals surface area contributed by atoms with Gasteiger partial charge in [0.25, 0.3) is 0 Å². The van der Waals surface area contributed by atoms with E-state index in [4.69, 9.17) is 0 Å². The molecule has 21 heavy (non-hydrogen) atoms. The molecule has 0 saturated heterocycles. The number of rotatable bonds is 4. The average Bonchev–Trinajstić information content (AvgIpc) is 2.46. The Morgan fingerprint density at radius 3 is 2.00 bits per heavy atom. The van der Waals surface area contributed by atoms with E-state index in [1.807, 2.05) is 38.1 Å². The van der Waals surface area contributed by atoms with Crippen LogP contribution in [0.3, 0.4) is 0 Å². The minimum absolute atomic E-state index is 0.358. The number of halogens is 2. The van der Waals surface area contributed by atoms with E-state index in [-0.39, 0.29) is 5.69 Å². The van der Waals surface area contributed by atoms with Crippen LogP contribution in [0.15, 0.2) is 46.6 Å². The van der Waals surface area contributed by atoms with Crippen LogP contribution in [-0.4, -0.2) is 14.1 Å². The summed E-state index contributed by atoms with van der Waals surface area (Å²) in [5, 5.41) is 7.57. The van der Waals surface area contributed by atoms with Crippen LogP contribution in [0.2, 0.25) is 0 Å². The zero-order valence-corrected chi connectivity index (χ0v) is 12.3. The fourth-order valence-corrected chi connectivity index (χ4v) is 1.84. The first kappa shape index (κ1) is 15.1. The first-order valence-corrected chi connectivity index (χ1v) is 6.68. The molecule has 3 nitrogen and oxygen atoms in total. The molecule has 0 unspecified atom stereocenters. The van der Waals surface area contributed by atoms with Crippen LogP contribution in [0.1, 0.15) is 12.5 Å². The third-order valence-corrected chi connectivity index (χ3v) is 3.12. The lowest BCUT2D eigenvalue weighted by atomic mass is 10.1. The summed E-state index contributed by atoms with van der Waals surface area (Å²) in [5.74, 6) is -1.39. The van der Waals surface area contributed by atoms with E-state index in [0.29, 0.717) is 17.7 Å². The van der Waals surface area contributed by atoms with Crippen molar-refractivity contribution in [2.45, 2.75) is 13.3 Å². The van der Waals surface area contributed by atoms with Crippen LogP contribution < -0.4 is 4.90 Å². The Hall–Kier alpha value is -2.30. The molecule has 0 aliphatic rings. The third-order valence-electron chi connectivity index (χ3n) is 3.12. The summed E-state index contributed by atoms with van der Waals surface area (Å²) < 4.78 is 27.5. The maximum atomic E-state index is 13.8. The van der Waals surface area contributed by atoms with Crippen LogP contribution in [0, 0.1) is 11.6 Å². The van der Waals surface area contributed by atoms with Gasteiger partial charge in [-0.2, -0.15) is 5.11 Å². The largest absolute Gasteiger partial charge is 0.378 e. The smallest absolute Gasteiger partial charge is 0.157 e. The average molecular weight is 289 g/mol. The maximum absolute atomic E-state index is 13.8. The van der Waals surface area contributed by atoms with Crippen molar-refractivity contribution in [3.8, 4) is 0 Å². The van der Waals surface area contributed by atoms with Gasteiger partial charge in [-0.1, -0.05) is 6.92 Å². The summed E-state index contributed by atoms with van der Waals surface area (Å²) in [4.78, 5) is 1.95. The molecular weight excluding hydrogens is 272 g/mol. The number of hydrogen-bond donors (Lipinski definition) is 0. The summed E-state index contributed by atoms with van der Waals surface area (Å²) in [6.07, 6.45) is 0.567. The van der Waals surface area contributed by atoms with Crippen molar-refractivity contribution in [1.29, 1.82) is 0 Å². The Morgan fingerprint density at radius 1 is 0.952 bits per heavy atom. The van der Waals surface area contributed by atoms with E-state index in [0.717, 1.165) is 5.69 Å². The highest BCUT2D eigenvalue weighted by Gasteiger charge is 2.10. The number of benzene rings is 2. The van der Waals surface area contributed by atoms with Gasteiger partial charge < -0.3 is 4.90 Å². The molecule has 2 rings (SSSR count). The highest BCUT2D eigenvalue weighted by Crippen LogP contribution is 2.27. The molecule has 0 spiro atoms. The lowest BCUT2D eigenvalue weighted by molar-refractivity contribution is 0.582. The zero-order valence-electron chi connectivity index (χ0n) is 12.3. The fraction of sp³-hybridized carbons (Fsp3) is 0.250. The summed E-state index contributed by atoms with van der Waals surface area (Å²) in [7, 11) is 3.85. The lowest BCUT2D eigenvalue weighted by Gasteiger charge is -2.11. The van der Waals surface area contributed by atoms with Crippen molar-refractivity contribution < 1.29 is 8.78 Å². The topological polar surface area (TPSA) is 28.0 Å². The molecule has 2 aromatic carbocycles. The fourth-order valence-electron chi connectivity index (χ4n) is 1.84. The molecule has 0 aliphatic carbocycles. The van der Waals surface area contributed by atoms with Crippen LogP contribution in [0.25, 0.3) is 0 Å². The van der Waals surface area contributed by atoms with Crippen molar-refractivity contribution in [3.63, 3.8) is 0 Å². The Morgan fingerprint density at radius 2 is 1.52 bits per heavy atom. The predicted octanol–water partition coefficient (Wildman–Crippen LogP) is 5.01. The van der Waals surface area contributed by atoms with Crippen LogP contribution in [-0.2, 0) is 6.42 Å². The summed E-state index contributed by atoms with van der Waals surface area (Å²) in [6.45, 7) is 1.84. The molecule has 5 heteroatoms. The number of anilines is 1. The van der Waals surface area contributed by atoms with Crippen molar-refractivity contribution in [1.82, 2.24) is 0 Å². The van der Waals surface area contributed by atoms with E-state index in [1.54, 1.807) is 12.1 Å². The van der Waals surface area contributed by atoms with Crippen molar-refractivity contribution in [3.05, 3.63) is 53.6 Å². The Labute approximate surface area is 122 Å². The standard InChI is InChI=1S/C16H17F2N3/c1-4-11-9-14(17)16(15(18)10-11)20-19-12-5-7-13(8-6-12)21(2)3/h5-10H,4H2,1-3H3/b20-19+. The SMILES string of the molecule is CCc1cc(F)c(/N=N/c2ccc(N(C)C)cc2)c(F)c1. The van der Waals surface area contributed by atoms with Crippen LogP contribution in [0.5, 0.6) is 0 Å². The molecule has 0 aromatic heterocycles. The molecule has 0 amide bonds. The molecule has 110 valence electrons. The van der Waals surface area contributed by atoms with E-state index in [2.05, 4.69) is 10.2 Å². The van der Waals surface area contributed by atoms with Crippen molar-refractivity contribution >= 4 is 17.1 Å². The summed E-state index contributed by atoms with van der Waals surface area (Å²) >= 11 is 0. The monoisotopic (exact) mass is 289 g/mol. The number of aryl methyl sites for hydroxylation is 1. The number of nitrogens with zero attached hydrogens (tertiary/aromatic N) is 3. The normalized spacial score (nSPS) is 11.1. The van der Waals surface area contributed by atoms with E-state index in [1.165, 1.54) is 12.1 Å². The molecule has 2 aromatic rings. The molecule has 0 saturated carbocycles. The van der Waals surface area contributed by atoms with Gasteiger partial charge in [0.05, 0.1) is 5.69 Å². The second kappa shape index (κ2) is 6.43. The molecule has 0 N–H and O–H groups in total. The van der Waals surface area contributed by atoms with Gasteiger partial charge in [0.15, 0.2) is 17.3 Å². The number of azo groups is 1. The van der Waals surface area contributed by atoms with Gasteiger partial charge in [0.1, 0.15) is 0 Å². The van der Waals surface area contributed by atoms with Gasteiger partial charge in [0, 0.05) is 19.8 Å². The minimum Gasteiger partial charge on any atom is -0.378 e. The van der Waals surface area contributed by atoms with E-state index < -0.39 is 11.6 Å². The molecule has 0 aliphatic heterocycles. The van der Waals surface area contributed by atoms with Gasteiger partial charge >= 0.3 is 0 Å². The first-order chi connectivity index (χ1) is 10.0. The molecule has 0 heterocycles. The molecular formula is C16H17F2N3. The quantitative estimate of drug-likeness (QED) is 0.727. The second-order valence-electron chi connectivity index (χ2n) is 4.87.